The van der Waals surface area contributed by atoms with Crippen molar-refractivity contribution in [1.82, 2.24) is 9.46 Å². The smallest absolute Gasteiger partial charge is 0.417 e. The van der Waals surface area contributed by atoms with Crippen molar-refractivity contribution < 1.29 is 35.3 Å². The van der Waals surface area contributed by atoms with Crippen molar-refractivity contribution in [2.75, 3.05) is 11.9 Å². The third-order valence-corrected chi connectivity index (χ3v) is 6.72. The monoisotopic (exact) mass is 491 g/mol. The number of rotatable bonds is 7. The van der Waals surface area contributed by atoms with Crippen LogP contribution in [-0.2, 0) is 27.5 Å². The molecule has 0 fully saturated rings. The molecular formula is C19H17ClF3N3O5S. The highest BCUT2D eigenvalue weighted by Crippen LogP contribution is 2.36. The molecule has 0 unspecified atom stereocenters. The molecule has 0 bridgehead atoms. The molecule has 2 aromatic heterocycles. The minimum absolute atomic E-state index is 0.0277. The molecule has 2 heterocycles. The van der Waals surface area contributed by atoms with Crippen LogP contribution in [0.1, 0.15) is 22.8 Å². The quantitative estimate of drug-likeness (QED) is 0.525. The molecule has 0 aliphatic rings. The van der Waals surface area contributed by atoms with Crippen molar-refractivity contribution in [3.8, 4) is 0 Å². The predicted molar refractivity (Wildman–Crippen MR) is 107 cm³/mol. The maximum atomic E-state index is 13.2. The first-order valence-electron chi connectivity index (χ1n) is 9.01. The molecule has 3 rings (SSSR count). The van der Waals surface area contributed by atoms with Gasteiger partial charge in [-0.25, -0.2) is 8.42 Å². The van der Waals surface area contributed by atoms with Gasteiger partial charge in [-0.2, -0.15) is 17.5 Å². The van der Waals surface area contributed by atoms with E-state index in [1.807, 2.05) is 0 Å². The molecule has 1 amide bonds. The maximum absolute atomic E-state index is 13.2. The first-order valence-corrected chi connectivity index (χ1v) is 10.8. The number of carbonyl (C=O) groups is 1. The molecule has 0 spiro atoms. The number of nitrogens with one attached hydrogen (secondary N) is 1. The summed E-state index contributed by atoms with van der Waals surface area (Å²) in [5, 5.41) is 5.36. The Morgan fingerprint density at radius 2 is 1.97 bits per heavy atom. The van der Waals surface area contributed by atoms with E-state index in [-0.39, 0.29) is 34.3 Å². The number of amides is 1. The molecule has 3 aromatic rings. The van der Waals surface area contributed by atoms with Gasteiger partial charge in [-0.15, -0.1) is 0 Å². The summed E-state index contributed by atoms with van der Waals surface area (Å²) in [5.74, 6) is -0.596. The van der Waals surface area contributed by atoms with Crippen molar-refractivity contribution in [3.63, 3.8) is 0 Å². The topological polar surface area (TPSA) is 106 Å². The molecule has 32 heavy (non-hydrogen) atoms. The van der Waals surface area contributed by atoms with E-state index in [0.29, 0.717) is 6.07 Å². The van der Waals surface area contributed by atoms with Crippen LogP contribution in [-0.4, -0.2) is 30.3 Å². The van der Waals surface area contributed by atoms with Gasteiger partial charge in [0, 0.05) is 5.69 Å². The maximum Gasteiger partial charge on any atom is 0.417 e. The van der Waals surface area contributed by atoms with Crippen molar-refractivity contribution in [2.45, 2.75) is 31.5 Å². The summed E-state index contributed by atoms with van der Waals surface area (Å²) in [6, 6.07) is 5.89. The highest BCUT2D eigenvalue weighted by atomic mass is 35.5. The van der Waals surface area contributed by atoms with Gasteiger partial charge in [-0.1, -0.05) is 16.8 Å². The molecule has 8 nitrogen and oxygen atoms in total. The highest BCUT2D eigenvalue weighted by molar-refractivity contribution is 7.89. The summed E-state index contributed by atoms with van der Waals surface area (Å²) in [4.78, 5) is 12.4. The molecule has 1 aromatic carbocycles. The van der Waals surface area contributed by atoms with Crippen LogP contribution >= 0.6 is 11.6 Å². The lowest BCUT2D eigenvalue weighted by molar-refractivity contribution is -0.137. The van der Waals surface area contributed by atoms with Crippen LogP contribution in [0, 0.1) is 13.8 Å². The molecule has 0 aliphatic heterocycles. The number of halogens is 4. The van der Waals surface area contributed by atoms with Gasteiger partial charge in [0.05, 0.1) is 29.9 Å². The van der Waals surface area contributed by atoms with Crippen LogP contribution < -0.4 is 5.32 Å². The Morgan fingerprint density at radius 3 is 2.53 bits per heavy atom. The summed E-state index contributed by atoms with van der Waals surface area (Å²) in [6.45, 7) is 1.82. The Kier molecular flexibility index (Phi) is 6.67. The number of hydrogen-bond acceptors (Lipinski definition) is 6. The molecule has 1 N–H and O–H groups in total. The number of hydrogen-bond donors (Lipinski definition) is 1. The number of alkyl halides is 3. The van der Waals surface area contributed by atoms with E-state index in [1.54, 1.807) is 6.07 Å². The molecule has 13 heteroatoms. The largest absolute Gasteiger partial charge is 0.468 e. The molecule has 0 saturated heterocycles. The van der Waals surface area contributed by atoms with Crippen LogP contribution in [0.5, 0.6) is 0 Å². The standard InChI is InChI=1S/C19H17ClF3N3O5S/c1-11-18(12(2)31-25-11)32(28,29)26(9-14-4-3-7-30-14)10-17(27)24-13-5-6-16(20)15(8-13)19(21,22)23/h3-8H,9-10H2,1-2H3,(H,24,27). The predicted octanol–water partition coefficient (Wildman–Crippen LogP) is 4.39. The van der Waals surface area contributed by atoms with Gasteiger partial charge >= 0.3 is 6.18 Å². The number of anilines is 1. The first kappa shape index (κ1) is 23.8. The van der Waals surface area contributed by atoms with Crippen molar-refractivity contribution in [2.24, 2.45) is 0 Å². The van der Waals surface area contributed by atoms with Crippen LogP contribution in [0.2, 0.25) is 5.02 Å². The normalized spacial score (nSPS) is 12.3. The number of furan rings is 1. The van der Waals surface area contributed by atoms with Gasteiger partial charge in [-0.3, -0.25) is 4.79 Å². The van der Waals surface area contributed by atoms with E-state index in [9.17, 15) is 26.4 Å². The summed E-state index contributed by atoms with van der Waals surface area (Å²) < 4.78 is 76.6. The third kappa shape index (κ3) is 5.14. The van der Waals surface area contributed by atoms with E-state index in [1.165, 1.54) is 32.2 Å². The Labute approximate surface area is 186 Å². The fourth-order valence-electron chi connectivity index (χ4n) is 2.96. The summed E-state index contributed by atoms with van der Waals surface area (Å²) in [7, 11) is -4.27. The SMILES string of the molecule is Cc1noc(C)c1S(=O)(=O)N(CC(=O)Nc1ccc(Cl)c(C(F)(F)F)c1)Cc1ccco1. The van der Waals surface area contributed by atoms with Gasteiger partial charge in [0.1, 0.15) is 16.3 Å². The minimum Gasteiger partial charge on any atom is -0.468 e. The summed E-state index contributed by atoms with van der Waals surface area (Å²) >= 11 is 5.58. The second-order valence-corrected chi connectivity index (χ2v) is 9.03. The Balaban J connectivity index is 1.88. The summed E-state index contributed by atoms with van der Waals surface area (Å²) in [6.07, 6.45) is -3.39. The fraction of sp³-hybridized carbons (Fsp3) is 0.263. The highest BCUT2D eigenvalue weighted by Gasteiger charge is 2.35. The third-order valence-electron chi connectivity index (χ3n) is 4.35. The number of aryl methyl sites for hydroxylation is 2. The lowest BCUT2D eigenvalue weighted by Crippen LogP contribution is -2.38. The average Bonchev–Trinajstić information content (AvgIpc) is 3.31. The molecular weight excluding hydrogens is 475 g/mol. The van der Waals surface area contributed by atoms with Crippen molar-refractivity contribution in [3.05, 3.63) is 64.4 Å². The van der Waals surface area contributed by atoms with Gasteiger partial charge in [0.2, 0.25) is 15.9 Å². The average molecular weight is 492 g/mol. The van der Waals surface area contributed by atoms with E-state index in [2.05, 4.69) is 10.5 Å². The minimum atomic E-state index is -4.73. The lowest BCUT2D eigenvalue weighted by Gasteiger charge is -2.21. The zero-order chi connectivity index (χ0) is 23.7. The summed E-state index contributed by atoms with van der Waals surface area (Å²) in [5.41, 5.74) is -1.23. The van der Waals surface area contributed by atoms with E-state index >= 15 is 0 Å². The molecule has 172 valence electrons. The number of carbonyl (C=O) groups excluding carboxylic acids is 1. The van der Waals surface area contributed by atoms with Crippen molar-refractivity contribution >= 4 is 33.2 Å². The van der Waals surface area contributed by atoms with Gasteiger partial charge in [0.25, 0.3) is 0 Å². The molecule has 0 radical (unpaired) electrons. The van der Waals surface area contributed by atoms with E-state index in [0.717, 1.165) is 10.4 Å². The Hall–Kier alpha value is -2.83. The molecule has 0 atom stereocenters. The van der Waals surface area contributed by atoms with Crippen LogP contribution in [0.4, 0.5) is 18.9 Å². The van der Waals surface area contributed by atoms with E-state index in [4.69, 9.17) is 20.5 Å². The first-order chi connectivity index (χ1) is 14.9. The van der Waals surface area contributed by atoms with Gasteiger partial charge in [0.15, 0.2) is 5.76 Å². The van der Waals surface area contributed by atoms with Crippen LogP contribution in [0.25, 0.3) is 0 Å². The zero-order valence-electron chi connectivity index (χ0n) is 16.7. The second kappa shape index (κ2) is 8.96. The Morgan fingerprint density at radius 1 is 1.25 bits per heavy atom. The fourth-order valence-corrected chi connectivity index (χ4v) is 4.83. The van der Waals surface area contributed by atoms with Gasteiger partial charge < -0.3 is 14.3 Å². The molecule has 0 saturated carbocycles. The Bertz CT molecular complexity index is 1200. The van der Waals surface area contributed by atoms with Crippen LogP contribution in [0.3, 0.4) is 0 Å². The lowest BCUT2D eigenvalue weighted by atomic mass is 10.2. The molecule has 0 aliphatic carbocycles. The second-order valence-electron chi connectivity index (χ2n) is 6.75. The van der Waals surface area contributed by atoms with Crippen molar-refractivity contribution in [1.29, 1.82) is 0 Å². The van der Waals surface area contributed by atoms with Crippen LogP contribution in [0.15, 0.2) is 50.4 Å². The number of sulfonamides is 1. The van der Waals surface area contributed by atoms with Gasteiger partial charge in [-0.05, 0) is 44.2 Å². The number of nitrogens with zero attached hydrogens (tertiary/aromatic N) is 2. The number of aromatic nitrogens is 1. The number of benzene rings is 1. The van der Waals surface area contributed by atoms with E-state index < -0.39 is 39.2 Å². The zero-order valence-corrected chi connectivity index (χ0v) is 18.3.